The SMILES string of the molecule is CCS[C@@H]1CCCC[C@H]1NCc1noc(C)n1. The average molecular weight is 255 g/mol. The van der Waals surface area contributed by atoms with Crippen molar-refractivity contribution in [3.63, 3.8) is 0 Å². The number of nitrogens with one attached hydrogen (secondary N) is 1. The van der Waals surface area contributed by atoms with Crippen LogP contribution in [0.25, 0.3) is 0 Å². The van der Waals surface area contributed by atoms with Gasteiger partial charge in [0.1, 0.15) is 0 Å². The quantitative estimate of drug-likeness (QED) is 0.876. The predicted molar refractivity (Wildman–Crippen MR) is 70.1 cm³/mol. The predicted octanol–water partition coefficient (Wildman–Crippen LogP) is 2.53. The zero-order chi connectivity index (χ0) is 12.1. The third kappa shape index (κ3) is 3.71. The van der Waals surface area contributed by atoms with Crippen LogP contribution in [0.2, 0.25) is 0 Å². The Kier molecular flexibility index (Phi) is 4.86. The summed E-state index contributed by atoms with van der Waals surface area (Å²) < 4.78 is 4.97. The summed E-state index contributed by atoms with van der Waals surface area (Å²) in [5, 5.41) is 8.25. The van der Waals surface area contributed by atoms with E-state index in [1.807, 2.05) is 6.92 Å². The molecule has 1 aromatic rings. The molecule has 0 amide bonds. The molecule has 0 spiro atoms. The summed E-state index contributed by atoms with van der Waals surface area (Å²) >= 11 is 2.07. The van der Waals surface area contributed by atoms with Crippen LogP contribution in [0.15, 0.2) is 4.52 Å². The summed E-state index contributed by atoms with van der Waals surface area (Å²) in [6.07, 6.45) is 5.32. The van der Waals surface area contributed by atoms with E-state index in [0.717, 1.165) is 17.6 Å². The normalized spacial score (nSPS) is 25.1. The minimum Gasteiger partial charge on any atom is -0.340 e. The van der Waals surface area contributed by atoms with E-state index < -0.39 is 0 Å². The molecular weight excluding hydrogens is 234 g/mol. The minimum atomic E-state index is 0.604. The lowest BCUT2D eigenvalue weighted by Crippen LogP contribution is -2.40. The molecule has 0 radical (unpaired) electrons. The summed E-state index contributed by atoms with van der Waals surface area (Å²) in [6.45, 7) is 4.79. The van der Waals surface area contributed by atoms with Crippen LogP contribution < -0.4 is 5.32 Å². The molecule has 1 N–H and O–H groups in total. The Labute approximate surface area is 107 Å². The lowest BCUT2D eigenvalue weighted by atomic mass is 9.95. The van der Waals surface area contributed by atoms with E-state index in [2.05, 4.69) is 34.1 Å². The van der Waals surface area contributed by atoms with Gasteiger partial charge < -0.3 is 9.84 Å². The van der Waals surface area contributed by atoms with Crippen LogP contribution in [0.5, 0.6) is 0 Å². The number of hydrogen-bond acceptors (Lipinski definition) is 5. The summed E-state index contributed by atoms with van der Waals surface area (Å²) in [4.78, 5) is 4.22. The highest BCUT2D eigenvalue weighted by Gasteiger charge is 2.24. The maximum absolute atomic E-state index is 4.97. The molecule has 4 nitrogen and oxygen atoms in total. The molecule has 0 bridgehead atoms. The number of aromatic nitrogens is 2. The first kappa shape index (κ1) is 12.9. The van der Waals surface area contributed by atoms with Crippen LogP contribution >= 0.6 is 11.8 Å². The van der Waals surface area contributed by atoms with E-state index in [-0.39, 0.29) is 0 Å². The molecule has 0 aliphatic heterocycles. The fourth-order valence-corrected chi connectivity index (χ4v) is 3.61. The van der Waals surface area contributed by atoms with E-state index in [1.54, 1.807) is 0 Å². The highest BCUT2D eigenvalue weighted by molar-refractivity contribution is 7.99. The lowest BCUT2D eigenvalue weighted by molar-refractivity contribution is 0.364. The summed E-state index contributed by atoms with van der Waals surface area (Å²) in [5.74, 6) is 2.61. The van der Waals surface area contributed by atoms with Gasteiger partial charge in [0.25, 0.3) is 0 Å². The average Bonchev–Trinajstić information content (AvgIpc) is 2.74. The number of rotatable bonds is 5. The van der Waals surface area contributed by atoms with E-state index in [4.69, 9.17) is 4.52 Å². The summed E-state index contributed by atoms with van der Waals surface area (Å²) in [5.41, 5.74) is 0. The van der Waals surface area contributed by atoms with Crippen molar-refractivity contribution in [2.45, 2.75) is 57.4 Å². The zero-order valence-corrected chi connectivity index (χ0v) is 11.4. The third-order valence-corrected chi connectivity index (χ3v) is 4.50. The molecular formula is C12H21N3OS. The van der Waals surface area contributed by atoms with Gasteiger partial charge in [-0.3, -0.25) is 0 Å². The Morgan fingerprint density at radius 3 is 2.94 bits per heavy atom. The fourth-order valence-electron chi connectivity index (χ4n) is 2.38. The molecule has 1 fully saturated rings. The molecule has 5 heteroatoms. The maximum Gasteiger partial charge on any atom is 0.223 e. The van der Waals surface area contributed by atoms with Gasteiger partial charge in [0.05, 0.1) is 6.54 Å². The molecule has 2 atom stereocenters. The summed E-state index contributed by atoms with van der Waals surface area (Å²) in [7, 11) is 0. The monoisotopic (exact) mass is 255 g/mol. The molecule has 0 unspecified atom stereocenters. The molecule has 1 aliphatic carbocycles. The zero-order valence-electron chi connectivity index (χ0n) is 10.6. The van der Waals surface area contributed by atoms with Crippen molar-refractivity contribution in [2.75, 3.05) is 5.75 Å². The van der Waals surface area contributed by atoms with Gasteiger partial charge in [0.15, 0.2) is 5.82 Å². The maximum atomic E-state index is 4.97. The fraction of sp³-hybridized carbons (Fsp3) is 0.833. The molecule has 1 aliphatic rings. The highest BCUT2D eigenvalue weighted by Crippen LogP contribution is 2.28. The second kappa shape index (κ2) is 6.40. The van der Waals surface area contributed by atoms with Crippen molar-refractivity contribution in [1.82, 2.24) is 15.5 Å². The molecule has 2 rings (SSSR count). The number of aryl methyl sites for hydroxylation is 1. The topological polar surface area (TPSA) is 51.0 Å². The molecule has 0 saturated heterocycles. The van der Waals surface area contributed by atoms with Gasteiger partial charge in [-0.05, 0) is 18.6 Å². The Balaban J connectivity index is 1.83. The van der Waals surface area contributed by atoms with Crippen LogP contribution in [0.4, 0.5) is 0 Å². The van der Waals surface area contributed by atoms with Gasteiger partial charge in [-0.25, -0.2) is 0 Å². The van der Waals surface area contributed by atoms with Gasteiger partial charge in [0, 0.05) is 18.2 Å². The lowest BCUT2D eigenvalue weighted by Gasteiger charge is -2.31. The van der Waals surface area contributed by atoms with Crippen LogP contribution in [0.3, 0.4) is 0 Å². The largest absolute Gasteiger partial charge is 0.340 e. The minimum absolute atomic E-state index is 0.604. The smallest absolute Gasteiger partial charge is 0.223 e. The van der Waals surface area contributed by atoms with Crippen molar-refractivity contribution in [1.29, 1.82) is 0 Å². The van der Waals surface area contributed by atoms with E-state index in [9.17, 15) is 0 Å². The van der Waals surface area contributed by atoms with Crippen molar-refractivity contribution in [3.05, 3.63) is 11.7 Å². The summed E-state index contributed by atoms with van der Waals surface area (Å²) in [6, 6.07) is 0.604. The van der Waals surface area contributed by atoms with Gasteiger partial charge in [-0.2, -0.15) is 16.7 Å². The molecule has 1 aromatic heterocycles. The van der Waals surface area contributed by atoms with Crippen molar-refractivity contribution in [3.8, 4) is 0 Å². The van der Waals surface area contributed by atoms with Crippen molar-refractivity contribution < 1.29 is 4.52 Å². The Morgan fingerprint density at radius 1 is 1.41 bits per heavy atom. The van der Waals surface area contributed by atoms with Crippen LogP contribution in [-0.2, 0) is 6.54 Å². The number of thioether (sulfide) groups is 1. The third-order valence-electron chi connectivity index (χ3n) is 3.18. The second-order valence-electron chi connectivity index (χ2n) is 4.50. The molecule has 0 aromatic carbocycles. The van der Waals surface area contributed by atoms with Crippen LogP contribution in [0, 0.1) is 6.92 Å². The second-order valence-corrected chi connectivity index (χ2v) is 6.01. The van der Waals surface area contributed by atoms with Gasteiger partial charge in [0.2, 0.25) is 5.89 Å². The van der Waals surface area contributed by atoms with Gasteiger partial charge in [-0.1, -0.05) is 24.9 Å². The van der Waals surface area contributed by atoms with Crippen LogP contribution in [0.1, 0.15) is 44.3 Å². The Bertz CT molecular complexity index is 340. The standard InChI is InChI=1S/C12H21N3OS/c1-3-17-11-7-5-4-6-10(11)13-8-12-14-9(2)16-15-12/h10-11,13H,3-8H2,1-2H3/t10-,11-/m1/s1. The van der Waals surface area contributed by atoms with Crippen LogP contribution in [-0.4, -0.2) is 27.2 Å². The first-order valence-corrected chi connectivity index (χ1v) is 7.48. The number of nitrogens with zero attached hydrogens (tertiary/aromatic N) is 2. The van der Waals surface area contributed by atoms with Crippen molar-refractivity contribution in [2.24, 2.45) is 0 Å². The Hall–Kier alpha value is -0.550. The highest BCUT2D eigenvalue weighted by atomic mass is 32.2. The first-order valence-electron chi connectivity index (χ1n) is 6.43. The molecule has 1 saturated carbocycles. The van der Waals surface area contributed by atoms with Crippen molar-refractivity contribution >= 4 is 11.8 Å². The number of hydrogen-bond donors (Lipinski definition) is 1. The molecule has 96 valence electrons. The first-order chi connectivity index (χ1) is 8.29. The van der Waals surface area contributed by atoms with E-state index >= 15 is 0 Å². The van der Waals surface area contributed by atoms with E-state index in [0.29, 0.717) is 11.9 Å². The molecule has 17 heavy (non-hydrogen) atoms. The van der Waals surface area contributed by atoms with Gasteiger partial charge in [-0.15, -0.1) is 0 Å². The van der Waals surface area contributed by atoms with Gasteiger partial charge >= 0.3 is 0 Å². The Morgan fingerprint density at radius 2 is 2.24 bits per heavy atom. The molecule has 1 heterocycles. The van der Waals surface area contributed by atoms with E-state index in [1.165, 1.54) is 31.4 Å².